The van der Waals surface area contributed by atoms with Crippen LogP contribution in [0.4, 0.5) is 0 Å². The lowest BCUT2D eigenvalue weighted by atomic mass is 10.2. The minimum Gasteiger partial charge on any atom is -0.497 e. The van der Waals surface area contributed by atoms with Crippen molar-refractivity contribution in [3.63, 3.8) is 0 Å². The van der Waals surface area contributed by atoms with Crippen molar-refractivity contribution in [2.75, 3.05) is 20.8 Å². The molecule has 0 N–H and O–H groups in total. The number of aryl methyl sites for hydroxylation is 1. The van der Waals surface area contributed by atoms with Gasteiger partial charge in [-0.05, 0) is 74.2 Å². The van der Waals surface area contributed by atoms with Gasteiger partial charge in [0.1, 0.15) is 5.75 Å². The molecule has 0 unspecified atom stereocenters. The zero-order valence-corrected chi connectivity index (χ0v) is 22.5. The highest BCUT2D eigenvalue weighted by Crippen LogP contribution is 2.38. The first-order chi connectivity index (χ1) is 18.4. The highest BCUT2D eigenvalue weighted by Gasteiger charge is 2.34. The second-order valence-electron chi connectivity index (χ2n) is 9.29. The molecular weight excluding hydrogens is 502 g/mol. The summed E-state index contributed by atoms with van der Waals surface area (Å²) in [5, 5.41) is 4.77. The van der Waals surface area contributed by atoms with Crippen LogP contribution < -0.4 is 14.2 Å². The number of hydrogen-bond acceptors (Lipinski definition) is 6. The van der Waals surface area contributed by atoms with Crippen molar-refractivity contribution in [3.05, 3.63) is 90.1 Å². The predicted octanol–water partition coefficient (Wildman–Crippen LogP) is 5.59. The summed E-state index contributed by atoms with van der Waals surface area (Å²) >= 11 is 0. The van der Waals surface area contributed by atoms with E-state index in [9.17, 15) is 8.42 Å². The lowest BCUT2D eigenvalue weighted by molar-refractivity contribution is 0.358. The molecule has 9 heteroatoms. The van der Waals surface area contributed by atoms with Crippen molar-refractivity contribution in [2.45, 2.75) is 31.2 Å². The van der Waals surface area contributed by atoms with E-state index in [1.165, 1.54) is 0 Å². The summed E-state index contributed by atoms with van der Waals surface area (Å²) in [6.07, 6.45) is 2.03. The van der Waals surface area contributed by atoms with Gasteiger partial charge in [0.25, 0.3) is 0 Å². The molecule has 8 nitrogen and oxygen atoms in total. The second kappa shape index (κ2) is 10.9. The Balaban J connectivity index is 1.58. The molecule has 0 saturated heterocycles. The topological polar surface area (TPSA) is 82.9 Å². The zero-order valence-electron chi connectivity index (χ0n) is 21.7. The van der Waals surface area contributed by atoms with Crippen LogP contribution in [-0.4, -0.2) is 43.3 Å². The monoisotopic (exact) mass is 533 g/mol. The van der Waals surface area contributed by atoms with E-state index in [1.54, 1.807) is 47.5 Å². The highest BCUT2D eigenvalue weighted by molar-refractivity contribution is 7.89. The van der Waals surface area contributed by atoms with Crippen molar-refractivity contribution in [3.8, 4) is 28.8 Å². The van der Waals surface area contributed by atoms with E-state index in [-0.39, 0.29) is 11.4 Å². The van der Waals surface area contributed by atoms with E-state index >= 15 is 0 Å². The number of hydrogen-bond donors (Lipinski definition) is 0. The maximum absolute atomic E-state index is 13.9. The van der Waals surface area contributed by atoms with Gasteiger partial charge in [-0.15, -0.1) is 0 Å². The first kappa shape index (κ1) is 25.8. The first-order valence-electron chi connectivity index (χ1n) is 12.5. The summed E-state index contributed by atoms with van der Waals surface area (Å²) in [6.45, 7) is 2.42. The smallest absolute Gasteiger partial charge is 0.243 e. The molecule has 1 saturated carbocycles. The molecule has 1 aromatic heterocycles. The number of aromatic nitrogens is 2. The average Bonchev–Trinajstić information content (AvgIpc) is 3.72. The zero-order chi connectivity index (χ0) is 26.7. The van der Waals surface area contributed by atoms with Crippen molar-refractivity contribution in [1.82, 2.24) is 14.1 Å². The van der Waals surface area contributed by atoms with Crippen LogP contribution in [0.1, 0.15) is 24.1 Å². The van der Waals surface area contributed by atoms with Crippen molar-refractivity contribution in [2.24, 2.45) is 5.92 Å². The van der Waals surface area contributed by atoms with E-state index in [4.69, 9.17) is 19.3 Å². The summed E-state index contributed by atoms with van der Waals surface area (Å²) in [5.41, 5.74) is 2.18. The SMILES string of the molecule is COc1ccc(S(=O)(=O)N(Cc2c(C)nn(-c3ccccc3)c2Oc2ccccc2OC)CC2CC2)cc1. The molecule has 0 amide bonds. The molecule has 198 valence electrons. The molecule has 3 aromatic carbocycles. The van der Waals surface area contributed by atoms with Crippen LogP contribution >= 0.6 is 0 Å². The van der Waals surface area contributed by atoms with Crippen LogP contribution in [0.5, 0.6) is 23.1 Å². The van der Waals surface area contributed by atoms with Crippen LogP contribution in [-0.2, 0) is 16.6 Å². The lowest BCUT2D eigenvalue weighted by Crippen LogP contribution is -2.32. The van der Waals surface area contributed by atoms with Gasteiger partial charge in [-0.3, -0.25) is 0 Å². The van der Waals surface area contributed by atoms with E-state index < -0.39 is 10.0 Å². The molecule has 1 aliphatic rings. The highest BCUT2D eigenvalue weighted by atomic mass is 32.2. The minimum atomic E-state index is -3.79. The quantitative estimate of drug-likeness (QED) is 0.250. The van der Waals surface area contributed by atoms with E-state index in [0.717, 1.165) is 18.5 Å². The number of methoxy groups -OCH3 is 2. The summed E-state index contributed by atoms with van der Waals surface area (Å²) in [4.78, 5) is 0.222. The molecule has 0 bridgehead atoms. The van der Waals surface area contributed by atoms with Crippen molar-refractivity contribution < 1.29 is 22.6 Å². The third-order valence-corrected chi connectivity index (χ3v) is 8.43. The van der Waals surface area contributed by atoms with Crippen molar-refractivity contribution in [1.29, 1.82) is 0 Å². The Bertz CT molecular complexity index is 1500. The van der Waals surface area contributed by atoms with Gasteiger partial charge in [-0.25, -0.2) is 13.1 Å². The van der Waals surface area contributed by atoms with Gasteiger partial charge in [-0.2, -0.15) is 9.40 Å². The number of ether oxygens (including phenoxy) is 3. The number of para-hydroxylation sites is 3. The van der Waals surface area contributed by atoms with Crippen LogP contribution in [0.15, 0.2) is 83.8 Å². The van der Waals surface area contributed by atoms with Crippen LogP contribution in [0.2, 0.25) is 0 Å². The average molecular weight is 534 g/mol. The molecule has 1 aliphatic carbocycles. The largest absolute Gasteiger partial charge is 0.497 e. The molecule has 4 aromatic rings. The molecule has 5 rings (SSSR count). The standard InChI is InChI=1S/C29H31N3O5S/c1-21-26(20-31(19-22-13-14-22)38(33,34)25-17-15-24(35-2)16-18-25)29(32(30-21)23-9-5-4-6-10-23)37-28-12-8-7-11-27(28)36-3/h4-12,15-18,22H,13-14,19-20H2,1-3H3. The second-order valence-corrected chi connectivity index (χ2v) is 11.2. The lowest BCUT2D eigenvalue weighted by Gasteiger charge is -2.23. The Morgan fingerprint density at radius 3 is 2.18 bits per heavy atom. The number of sulfonamides is 1. The normalized spacial score (nSPS) is 13.5. The van der Waals surface area contributed by atoms with Crippen LogP contribution in [0.25, 0.3) is 5.69 Å². The van der Waals surface area contributed by atoms with Crippen molar-refractivity contribution >= 4 is 10.0 Å². The van der Waals surface area contributed by atoms with E-state index in [0.29, 0.717) is 46.8 Å². The van der Waals surface area contributed by atoms with Gasteiger partial charge in [0, 0.05) is 13.1 Å². The predicted molar refractivity (Wildman–Crippen MR) is 145 cm³/mol. The molecular formula is C29H31N3O5S. The summed E-state index contributed by atoms with van der Waals surface area (Å²) in [7, 11) is -0.654. The Labute approximate surface area is 223 Å². The Hall–Kier alpha value is -3.82. The van der Waals surface area contributed by atoms with Gasteiger partial charge < -0.3 is 14.2 Å². The van der Waals surface area contributed by atoms with Crippen LogP contribution in [0, 0.1) is 12.8 Å². The van der Waals surface area contributed by atoms with Gasteiger partial charge >= 0.3 is 0 Å². The van der Waals surface area contributed by atoms with Gasteiger partial charge in [0.2, 0.25) is 15.9 Å². The Morgan fingerprint density at radius 2 is 1.55 bits per heavy atom. The Morgan fingerprint density at radius 1 is 0.895 bits per heavy atom. The fraction of sp³-hybridized carbons (Fsp3) is 0.276. The third-order valence-electron chi connectivity index (χ3n) is 6.60. The fourth-order valence-electron chi connectivity index (χ4n) is 4.29. The maximum atomic E-state index is 13.9. The molecule has 0 atom stereocenters. The Kier molecular flexibility index (Phi) is 7.40. The molecule has 1 heterocycles. The number of nitrogens with zero attached hydrogens (tertiary/aromatic N) is 3. The first-order valence-corrected chi connectivity index (χ1v) is 13.9. The summed E-state index contributed by atoms with van der Waals surface area (Å²) in [5.74, 6) is 2.47. The van der Waals surface area contributed by atoms with Gasteiger partial charge in [0.15, 0.2) is 11.5 Å². The summed E-state index contributed by atoms with van der Waals surface area (Å²) < 4.78 is 48.1. The molecule has 0 radical (unpaired) electrons. The van der Waals surface area contributed by atoms with E-state index in [2.05, 4.69) is 0 Å². The number of rotatable bonds is 11. The van der Waals surface area contributed by atoms with Gasteiger partial charge in [0.05, 0.1) is 36.1 Å². The summed E-state index contributed by atoms with van der Waals surface area (Å²) in [6, 6.07) is 23.5. The molecule has 0 spiro atoms. The maximum Gasteiger partial charge on any atom is 0.243 e. The molecule has 1 fully saturated rings. The van der Waals surface area contributed by atoms with E-state index in [1.807, 2.05) is 61.5 Å². The van der Waals surface area contributed by atoms with Crippen LogP contribution in [0.3, 0.4) is 0 Å². The number of benzene rings is 3. The fourth-order valence-corrected chi connectivity index (χ4v) is 5.77. The third kappa shape index (κ3) is 5.39. The minimum absolute atomic E-state index is 0.119. The van der Waals surface area contributed by atoms with Gasteiger partial charge in [-0.1, -0.05) is 30.3 Å². The molecule has 38 heavy (non-hydrogen) atoms. The molecule has 0 aliphatic heterocycles.